The lowest BCUT2D eigenvalue weighted by molar-refractivity contribution is 1.27. The van der Waals surface area contributed by atoms with Gasteiger partial charge in [-0.3, -0.25) is 0 Å². The Hall–Kier alpha value is -1.57. The smallest absolute Gasteiger partial charge is 0.148 e. The van der Waals surface area contributed by atoms with Crippen LogP contribution < -0.4 is 5.32 Å². The summed E-state index contributed by atoms with van der Waals surface area (Å²) < 4.78 is 0.774. The quantitative estimate of drug-likeness (QED) is 0.908. The van der Waals surface area contributed by atoms with Gasteiger partial charge in [0, 0.05) is 21.4 Å². The van der Waals surface area contributed by atoms with E-state index in [0.29, 0.717) is 16.4 Å². The van der Waals surface area contributed by atoms with Gasteiger partial charge in [-0.15, -0.1) is 0 Å². The zero-order chi connectivity index (χ0) is 12.3. The highest BCUT2D eigenvalue weighted by molar-refractivity contribution is 9.10. The zero-order valence-electron chi connectivity index (χ0n) is 8.61. The molecule has 0 fully saturated rings. The van der Waals surface area contributed by atoms with Crippen molar-refractivity contribution in [3.05, 3.63) is 51.6 Å². The second-order valence-electron chi connectivity index (χ2n) is 3.29. The highest BCUT2D eigenvalue weighted by Gasteiger charge is 2.04. The van der Waals surface area contributed by atoms with E-state index in [9.17, 15) is 0 Å². The highest BCUT2D eigenvalue weighted by Crippen LogP contribution is 2.22. The van der Waals surface area contributed by atoms with Crippen LogP contribution in [0.5, 0.6) is 0 Å². The van der Waals surface area contributed by atoms with E-state index in [1.807, 2.05) is 12.1 Å². The lowest BCUT2D eigenvalue weighted by Gasteiger charge is -2.07. The maximum Gasteiger partial charge on any atom is 0.148 e. The Kier molecular flexibility index (Phi) is 3.62. The van der Waals surface area contributed by atoms with Gasteiger partial charge in [0.05, 0.1) is 5.56 Å². The van der Waals surface area contributed by atoms with Crippen LogP contribution >= 0.6 is 27.5 Å². The minimum atomic E-state index is 0.481. The number of nitrogens with one attached hydrogen (secondary N) is 1. The molecule has 0 aliphatic heterocycles. The summed E-state index contributed by atoms with van der Waals surface area (Å²) in [4.78, 5) is 4.15. The van der Waals surface area contributed by atoms with Crippen LogP contribution in [0.2, 0.25) is 5.02 Å². The molecule has 84 valence electrons. The molecular weight excluding hydrogens is 302 g/mol. The summed E-state index contributed by atoms with van der Waals surface area (Å²) in [5.41, 5.74) is 1.31. The molecule has 0 saturated heterocycles. The minimum Gasteiger partial charge on any atom is -0.339 e. The van der Waals surface area contributed by atoms with Crippen molar-refractivity contribution < 1.29 is 0 Å². The first kappa shape index (κ1) is 11.9. The third-order valence-corrected chi connectivity index (χ3v) is 2.77. The summed E-state index contributed by atoms with van der Waals surface area (Å²) in [5, 5.41) is 12.7. The van der Waals surface area contributed by atoms with Crippen molar-refractivity contribution in [1.29, 1.82) is 5.26 Å². The number of nitrogens with zero attached hydrogens (tertiary/aromatic N) is 2. The molecule has 1 heterocycles. The summed E-state index contributed by atoms with van der Waals surface area (Å²) in [5.74, 6) is 0.526. The predicted molar refractivity (Wildman–Crippen MR) is 71.4 cm³/mol. The summed E-state index contributed by atoms with van der Waals surface area (Å²) in [6.45, 7) is 0. The Morgan fingerprint density at radius 1 is 1.29 bits per heavy atom. The van der Waals surface area contributed by atoms with Crippen molar-refractivity contribution in [1.82, 2.24) is 4.98 Å². The number of pyridine rings is 1. The highest BCUT2D eigenvalue weighted by atomic mass is 79.9. The number of rotatable bonds is 2. The van der Waals surface area contributed by atoms with Crippen LogP contribution in [-0.2, 0) is 0 Å². The lowest BCUT2D eigenvalue weighted by atomic mass is 10.2. The van der Waals surface area contributed by atoms with E-state index in [-0.39, 0.29) is 0 Å². The van der Waals surface area contributed by atoms with Crippen molar-refractivity contribution in [2.45, 2.75) is 0 Å². The number of nitriles is 1. The molecule has 0 saturated carbocycles. The third kappa shape index (κ3) is 2.96. The molecule has 2 aromatic rings. The average Bonchev–Trinajstić information content (AvgIpc) is 2.34. The van der Waals surface area contributed by atoms with Gasteiger partial charge in [-0.05, 0) is 46.3 Å². The molecule has 1 aromatic heterocycles. The maximum atomic E-state index is 8.99. The van der Waals surface area contributed by atoms with Gasteiger partial charge in [0.25, 0.3) is 0 Å². The SMILES string of the molecule is N#Cc1cc(Br)cnc1Nc1ccc(Cl)cc1. The monoisotopic (exact) mass is 307 g/mol. The first-order valence-corrected chi connectivity index (χ1v) is 5.94. The van der Waals surface area contributed by atoms with Gasteiger partial charge >= 0.3 is 0 Å². The first-order valence-electron chi connectivity index (χ1n) is 4.77. The summed E-state index contributed by atoms with van der Waals surface area (Å²) in [6, 6.07) is 11.0. The van der Waals surface area contributed by atoms with Gasteiger partial charge < -0.3 is 5.32 Å². The molecule has 1 N–H and O–H groups in total. The molecule has 3 nitrogen and oxygen atoms in total. The molecule has 1 aromatic carbocycles. The normalized spacial score (nSPS) is 9.71. The first-order chi connectivity index (χ1) is 8.19. The molecule has 17 heavy (non-hydrogen) atoms. The number of aromatic nitrogens is 1. The van der Waals surface area contributed by atoms with E-state index in [0.717, 1.165) is 10.2 Å². The average molecular weight is 309 g/mol. The Labute approximate surface area is 112 Å². The van der Waals surface area contributed by atoms with Gasteiger partial charge in [0.2, 0.25) is 0 Å². The van der Waals surface area contributed by atoms with Gasteiger partial charge in [-0.2, -0.15) is 5.26 Å². The summed E-state index contributed by atoms with van der Waals surface area (Å²) in [7, 11) is 0. The van der Waals surface area contributed by atoms with Gasteiger partial charge in [-0.25, -0.2) is 4.98 Å². The third-order valence-electron chi connectivity index (χ3n) is 2.08. The van der Waals surface area contributed by atoms with Crippen molar-refractivity contribution in [2.24, 2.45) is 0 Å². The van der Waals surface area contributed by atoms with E-state index in [1.165, 1.54) is 0 Å². The van der Waals surface area contributed by atoms with Gasteiger partial charge in [-0.1, -0.05) is 11.6 Å². The Morgan fingerprint density at radius 2 is 2.00 bits per heavy atom. The van der Waals surface area contributed by atoms with Crippen LogP contribution in [-0.4, -0.2) is 4.98 Å². The number of halogens is 2. The van der Waals surface area contributed by atoms with E-state index in [1.54, 1.807) is 24.4 Å². The topological polar surface area (TPSA) is 48.7 Å². The van der Waals surface area contributed by atoms with Crippen molar-refractivity contribution in [3.63, 3.8) is 0 Å². The molecule has 5 heteroatoms. The molecule has 0 amide bonds. The molecule has 0 bridgehead atoms. The van der Waals surface area contributed by atoms with Gasteiger partial charge in [0.15, 0.2) is 0 Å². The molecule has 2 rings (SSSR count). The predicted octanol–water partition coefficient (Wildman–Crippen LogP) is 4.11. The van der Waals surface area contributed by atoms with Gasteiger partial charge in [0.1, 0.15) is 11.9 Å². The summed E-state index contributed by atoms with van der Waals surface area (Å²) in [6.07, 6.45) is 1.64. The second kappa shape index (κ2) is 5.17. The fourth-order valence-corrected chi connectivity index (χ4v) is 1.75. The zero-order valence-corrected chi connectivity index (χ0v) is 11.0. The number of anilines is 2. The number of hydrogen-bond acceptors (Lipinski definition) is 3. The molecule has 0 unspecified atom stereocenters. The van der Waals surface area contributed by atoms with E-state index >= 15 is 0 Å². The van der Waals surface area contributed by atoms with E-state index < -0.39 is 0 Å². The maximum absolute atomic E-state index is 8.99. The molecule has 0 aliphatic rings. The second-order valence-corrected chi connectivity index (χ2v) is 4.65. The van der Waals surface area contributed by atoms with Crippen LogP contribution in [0.25, 0.3) is 0 Å². The standard InChI is InChI=1S/C12H7BrClN3/c13-9-5-8(6-15)12(16-7-9)17-11-3-1-10(14)2-4-11/h1-5,7H,(H,16,17). The minimum absolute atomic E-state index is 0.481. The van der Waals surface area contributed by atoms with Crippen molar-refractivity contribution >= 4 is 39.0 Å². The van der Waals surface area contributed by atoms with Crippen LogP contribution in [0.3, 0.4) is 0 Å². The summed E-state index contributed by atoms with van der Waals surface area (Å²) >= 11 is 9.07. The Bertz CT molecular complexity index is 575. The molecule has 0 atom stereocenters. The van der Waals surface area contributed by atoms with E-state index in [2.05, 4.69) is 32.3 Å². The van der Waals surface area contributed by atoms with Crippen LogP contribution in [0.1, 0.15) is 5.56 Å². The Balaban J connectivity index is 2.30. The molecule has 0 spiro atoms. The molecular formula is C12H7BrClN3. The lowest BCUT2D eigenvalue weighted by Crippen LogP contribution is -1.96. The van der Waals surface area contributed by atoms with Crippen molar-refractivity contribution in [3.8, 4) is 6.07 Å². The molecule has 0 aliphatic carbocycles. The van der Waals surface area contributed by atoms with Crippen LogP contribution in [0.15, 0.2) is 41.0 Å². The van der Waals surface area contributed by atoms with E-state index in [4.69, 9.17) is 16.9 Å². The van der Waals surface area contributed by atoms with Crippen LogP contribution in [0.4, 0.5) is 11.5 Å². The fraction of sp³-hybridized carbons (Fsp3) is 0. The molecule has 0 radical (unpaired) electrons. The van der Waals surface area contributed by atoms with Crippen molar-refractivity contribution in [2.75, 3.05) is 5.32 Å². The number of hydrogen-bond donors (Lipinski definition) is 1. The Morgan fingerprint density at radius 3 is 2.65 bits per heavy atom. The largest absolute Gasteiger partial charge is 0.339 e. The fourth-order valence-electron chi connectivity index (χ4n) is 1.29. The van der Waals surface area contributed by atoms with Crippen LogP contribution in [0, 0.1) is 11.3 Å². The number of benzene rings is 1.